The van der Waals surface area contributed by atoms with E-state index in [9.17, 15) is 27.9 Å². The molecule has 2 heterocycles. The molecule has 2 aliphatic rings. The average molecular weight is 488 g/mol. The Labute approximate surface area is 197 Å². The Hall–Kier alpha value is -3.28. The zero-order valence-electron chi connectivity index (χ0n) is 18.7. The SMILES string of the molecule is Cc1ccc(S(=O)(=O)N2CC(O)CC2C(=O)OCC(=O)N2CC(=O)Nc3ccccc32)cc1C. The van der Waals surface area contributed by atoms with E-state index in [0.717, 1.165) is 15.4 Å². The Bertz CT molecular complexity index is 1260. The molecule has 2 aromatic rings. The minimum Gasteiger partial charge on any atom is -0.454 e. The van der Waals surface area contributed by atoms with Gasteiger partial charge in [-0.15, -0.1) is 0 Å². The Balaban J connectivity index is 1.48. The zero-order valence-corrected chi connectivity index (χ0v) is 19.5. The number of nitrogens with zero attached hydrogens (tertiary/aromatic N) is 2. The van der Waals surface area contributed by atoms with Crippen LogP contribution in [0.15, 0.2) is 47.4 Å². The molecule has 2 aromatic carbocycles. The number of benzene rings is 2. The summed E-state index contributed by atoms with van der Waals surface area (Å²) in [4.78, 5) is 38.7. The predicted octanol–water partition coefficient (Wildman–Crippen LogP) is 0.956. The van der Waals surface area contributed by atoms with Crippen molar-refractivity contribution < 1.29 is 32.6 Å². The number of hydrogen-bond donors (Lipinski definition) is 2. The van der Waals surface area contributed by atoms with Crippen LogP contribution in [0.4, 0.5) is 11.4 Å². The van der Waals surface area contributed by atoms with Crippen LogP contribution in [0.1, 0.15) is 17.5 Å². The maximum absolute atomic E-state index is 13.2. The fourth-order valence-corrected chi connectivity index (χ4v) is 5.75. The van der Waals surface area contributed by atoms with E-state index in [1.807, 2.05) is 6.92 Å². The molecule has 180 valence electrons. The third-order valence-corrected chi connectivity index (χ3v) is 7.87. The lowest BCUT2D eigenvalue weighted by Crippen LogP contribution is -2.45. The van der Waals surface area contributed by atoms with E-state index in [2.05, 4.69) is 5.32 Å². The van der Waals surface area contributed by atoms with Gasteiger partial charge in [-0.2, -0.15) is 4.31 Å². The summed E-state index contributed by atoms with van der Waals surface area (Å²) in [6.45, 7) is 2.46. The van der Waals surface area contributed by atoms with E-state index in [1.165, 1.54) is 17.0 Å². The van der Waals surface area contributed by atoms with Gasteiger partial charge in [-0.25, -0.2) is 8.42 Å². The molecule has 2 unspecified atom stereocenters. The summed E-state index contributed by atoms with van der Waals surface area (Å²) in [5, 5.41) is 12.8. The second kappa shape index (κ2) is 9.16. The lowest BCUT2D eigenvalue weighted by atomic mass is 10.1. The molecular weight excluding hydrogens is 462 g/mol. The number of sulfonamides is 1. The largest absolute Gasteiger partial charge is 0.454 e. The Morgan fingerprint density at radius 1 is 1.15 bits per heavy atom. The standard InChI is InChI=1S/C23H25N3O7S/c1-14-7-8-17(9-15(14)2)34(31,32)26-11-16(27)10-20(26)23(30)33-13-22(29)25-12-21(28)24-18-5-3-4-6-19(18)25/h3-9,16,20,27H,10-13H2,1-2H3,(H,24,28). The molecule has 0 aliphatic carbocycles. The maximum Gasteiger partial charge on any atom is 0.325 e. The Kier molecular flexibility index (Phi) is 6.43. The van der Waals surface area contributed by atoms with Crippen molar-refractivity contribution in [3.63, 3.8) is 0 Å². The van der Waals surface area contributed by atoms with Crippen molar-refractivity contribution in [2.45, 2.75) is 37.3 Å². The van der Waals surface area contributed by atoms with E-state index < -0.39 is 40.7 Å². The van der Waals surface area contributed by atoms with Gasteiger partial charge in [0, 0.05) is 13.0 Å². The highest BCUT2D eigenvalue weighted by Crippen LogP contribution is 2.30. The van der Waals surface area contributed by atoms with Crippen molar-refractivity contribution in [2.75, 3.05) is 29.9 Å². The second-order valence-corrected chi connectivity index (χ2v) is 10.3. The van der Waals surface area contributed by atoms with E-state index >= 15 is 0 Å². The highest BCUT2D eigenvalue weighted by atomic mass is 32.2. The van der Waals surface area contributed by atoms with E-state index in [1.54, 1.807) is 37.3 Å². The number of carbonyl (C=O) groups is 3. The van der Waals surface area contributed by atoms with Gasteiger partial charge in [-0.1, -0.05) is 18.2 Å². The first-order chi connectivity index (χ1) is 16.1. The molecule has 11 heteroatoms. The molecule has 2 amide bonds. The predicted molar refractivity (Wildman–Crippen MR) is 123 cm³/mol. The molecule has 4 rings (SSSR count). The van der Waals surface area contributed by atoms with Crippen molar-refractivity contribution in [1.82, 2.24) is 4.31 Å². The van der Waals surface area contributed by atoms with E-state index in [-0.39, 0.29) is 30.3 Å². The summed E-state index contributed by atoms with van der Waals surface area (Å²) < 4.78 is 32.5. The first-order valence-electron chi connectivity index (χ1n) is 10.7. The molecule has 2 N–H and O–H groups in total. The lowest BCUT2D eigenvalue weighted by molar-refractivity contribution is -0.151. The molecule has 0 bridgehead atoms. The summed E-state index contributed by atoms with van der Waals surface area (Å²) in [7, 11) is -4.09. The third kappa shape index (κ3) is 4.54. The highest BCUT2D eigenvalue weighted by Gasteiger charge is 2.44. The van der Waals surface area contributed by atoms with Gasteiger partial charge >= 0.3 is 5.97 Å². The fraction of sp³-hybridized carbons (Fsp3) is 0.348. The molecule has 0 saturated carbocycles. The highest BCUT2D eigenvalue weighted by molar-refractivity contribution is 7.89. The number of carbonyl (C=O) groups excluding carboxylic acids is 3. The van der Waals surface area contributed by atoms with Crippen LogP contribution in [0.2, 0.25) is 0 Å². The number of fused-ring (bicyclic) bond motifs is 1. The van der Waals surface area contributed by atoms with Gasteiger partial charge < -0.3 is 15.2 Å². The van der Waals surface area contributed by atoms with Crippen LogP contribution in [-0.4, -0.2) is 67.5 Å². The second-order valence-electron chi connectivity index (χ2n) is 8.38. The number of β-amino-alcohol motifs (C(OH)–C–C–N with tert-alkyl or cyclic N) is 1. The molecule has 1 saturated heterocycles. The molecule has 10 nitrogen and oxygen atoms in total. The number of aryl methyl sites for hydroxylation is 2. The van der Waals surface area contributed by atoms with Crippen molar-refractivity contribution in [3.05, 3.63) is 53.6 Å². The minimum absolute atomic E-state index is 0.00881. The number of aliphatic hydroxyl groups excluding tert-OH is 1. The normalized spacial score (nSPS) is 20.6. The first kappa shape index (κ1) is 23.9. The topological polar surface area (TPSA) is 133 Å². The van der Waals surface area contributed by atoms with Crippen LogP contribution in [0, 0.1) is 13.8 Å². The van der Waals surface area contributed by atoms with Crippen molar-refractivity contribution >= 4 is 39.2 Å². The van der Waals surface area contributed by atoms with Crippen molar-refractivity contribution in [3.8, 4) is 0 Å². The number of para-hydroxylation sites is 2. The van der Waals surface area contributed by atoms with Gasteiger partial charge in [0.05, 0.1) is 22.4 Å². The van der Waals surface area contributed by atoms with Crippen molar-refractivity contribution in [2.24, 2.45) is 0 Å². The number of amides is 2. The van der Waals surface area contributed by atoms with Gasteiger partial charge in [0.1, 0.15) is 12.6 Å². The molecule has 2 aliphatic heterocycles. The quantitative estimate of drug-likeness (QED) is 0.600. The molecule has 1 fully saturated rings. The van der Waals surface area contributed by atoms with Crippen LogP contribution >= 0.6 is 0 Å². The van der Waals surface area contributed by atoms with Crippen LogP contribution in [0.25, 0.3) is 0 Å². The number of aliphatic hydroxyl groups is 1. The van der Waals surface area contributed by atoms with Crippen LogP contribution in [0.3, 0.4) is 0 Å². The van der Waals surface area contributed by atoms with Gasteiger partial charge in [0.25, 0.3) is 5.91 Å². The van der Waals surface area contributed by atoms with Crippen LogP contribution < -0.4 is 10.2 Å². The smallest absolute Gasteiger partial charge is 0.325 e. The molecule has 34 heavy (non-hydrogen) atoms. The molecular formula is C23H25N3O7S. The van der Waals surface area contributed by atoms with Gasteiger partial charge in [-0.05, 0) is 49.2 Å². The number of rotatable bonds is 5. The number of hydrogen-bond acceptors (Lipinski definition) is 7. The van der Waals surface area contributed by atoms with Gasteiger partial charge in [0.2, 0.25) is 15.9 Å². The number of esters is 1. The third-order valence-electron chi connectivity index (χ3n) is 6.00. The summed E-state index contributed by atoms with van der Waals surface area (Å²) in [5.74, 6) is -1.95. The summed E-state index contributed by atoms with van der Waals surface area (Å²) in [5.41, 5.74) is 2.63. The van der Waals surface area contributed by atoms with Crippen molar-refractivity contribution in [1.29, 1.82) is 0 Å². The summed E-state index contributed by atoms with van der Waals surface area (Å²) in [6, 6.07) is 10.1. The monoisotopic (exact) mass is 487 g/mol. The molecule has 2 atom stereocenters. The Morgan fingerprint density at radius 2 is 1.88 bits per heavy atom. The molecule has 0 aromatic heterocycles. The van der Waals surface area contributed by atoms with Gasteiger partial charge in [0.15, 0.2) is 6.61 Å². The number of nitrogens with one attached hydrogen (secondary N) is 1. The molecule has 0 radical (unpaired) electrons. The molecule has 0 spiro atoms. The van der Waals surface area contributed by atoms with E-state index in [4.69, 9.17) is 4.74 Å². The lowest BCUT2D eigenvalue weighted by Gasteiger charge is -2.29. The summed E-state index contributed by atoms with van der Waals surface area (Å²) in [6.07, 6.45) is -1.20. The van der Waals surface area contributed by atoms with Crippen LogP contribution in [-0.2, 0) is 29.1 Å². The number of ether oxygens (including phenoxy) is 1. The zero-order chi connectivity index (χ0) is 24.6. The average Bonchev–Trinajstić information content (AvgIpc) is 3.21. The maximum atomic E-state index is 13.2. The van der Waals surface area contributed by atoms with Crippen LogP contribution in [0.5, 0.6) is 0 Å². The minimum atomic E-state index is -4.09. The first-order valence-corrected chi connectivity index (χ1v) is 12.1. The Morgan fingerprint density at radius 3 is 2.62 bits per heavy atom. The fourth-order valence-electron chi connectivity index (χ4n) is 4.04. The van der Waals surface area contributed by atoms with Gasteiger partial charge in [-0.3, -0.25) is 19.3 Å². The van der Waals surface area contributed by atoms with E-state index in [0.29, 0.717) is 11.4 Å². The number of anilines is 2. The summed E-state index contributed by atoms with van der Waals surface area (Å²) >= 11 is 0.